The molecule has 120 valence electrons. The van der Waals surface area contributed by atoms with Gasteiger partial charge in [0.25, 0.3) is 5.91 Å². The number of halogens is 1. The molecule has 1 aliphatic rings. The Kier molecular flexibility index (Phi) is 3.98. The van der Waals surface area contributed by atoms with Crippen LogP contribution in [0.25, 0.3) is 10.9 Å². The van der Waals surface area contributed by atoms with Crippen LogP contribution in [0.1, 0.15) is 23.7 Å². The normalized spacial score (nSPS) is 21.4. The van der Waals surface area contributed by atoms with Crippen LogP contribution in [-0.2, 0) is 4.79 Å². The average molecular weight is 316 g/mol. The maximum Gasteiger partial charge on any atom is 0.308 e. The van der Waals surface area contributed by atoms with E-state index in [2.05, 4.69) is 4.98 Å². The number of hydrogen-bond donors (Lipinski definition) is 1. The van der Waals surface area contributed by atoms with E-state index in [-0.39, 0.29) is 24.2 Å². The molecule has 5 nitrogen and oxygen atoms in total. The van der Waals surface area contributed by atoms with Gasteiger partial charge in [0.15, 0.2) is 0 Å². The summed E-state index contributed by atoms with van der Waals surface area (Å²) in [6.45, 7) is 2.65. The highest BCUT2D eigenvalue weighted by atomic mass is 19.1. The molecule has 0 spiro atoms. The Labute approximate surface area is 132 Å². The van der Waals surface area contributed by atoms with E-state index in [0.717, 1.165) is 0 Å². The highest BCUT2D eigenvalue weighted by molar-refractivity contribution is 5.97. The van der Waals surface area contributed by atoms with Gasteiger partial charge in [0, 0.05) is 24.7 Å². The maximum absolute atomic E-state index is 13.3. The summed E-state index contributed by atoms with van der Waals surface area (Å²) < 4.78 is 13.3. The summed E-state index contributed by atoms with van der Waals surface area (Å²) >= 11 is 0. The van der Waals surface area contributed by atoms with Gasteiger partial charge in [-0.25, -0.2) is 4.39 Å². The number of pyridine rings is 1. The lowest BCUT2D eigenvalue weighted by Crippen LogP contribution is -2.45. The van der Waals surface area contributed by atoms with Crippen molar-refractivity contribution in [3.63, 3.8) is 0 Å². The number of amides is 1. The molecule has 1 N–H and O–H groups in total. The number of likely N-dealkylation sites (tertiary alicyclic amines) is 1. The summed E-state index contributed by atoms with van der Waals surface area (Å²) in [4.78, 5) is 29.6. The molecule has 1 amide bonds. The van der Waals surface area contributed by atoms with Crippen molar-refractivity contribution in [1.82, 2.24) is 9.88 Å². The highest BCUT2D eigenvalue weighted by Crippen LogP contribution is 2.24. The van der Waals surface area contributed by atoms with Gasteiger partial charge in [-0.2, -0.15) is 0 Å². The third-order valence-corrected chi connectivity index (χ3v) is 4.19. The molecule has 0 bridgehead atoms. The number of rotatable bonds is 2. The first-order chi connectivity index (χ1) is 10.9. The molecule has 2 heterocycles. The first kappa shape index (κ1) is 15.4. The number of hydrogen-bond acceptors (Lipinski definition) is 3. The monoisotopic (exact) mass is 316 g/mol. The van der Waals surface area contributed by atoms with Crippen LogP contribution >= 0.6 is 0 Å². The number of carboxylic acid groups (broad SMARTS) is 1. The molecule has 2 unspecified atom stereocenters. The number of carboxylic acids is 1. The van der Waals surface area contributed by atoms with Crippen molar-refractivity contribution in [3.8, 4) is 0 Å². The molecule has 1 aromatic carbocycles. The highest BCUT2D eigenvalue weighted by Gasteiger charge is 2.32. The van der Waals surface area contributed by atoms with Crippen LogP contribution in [0.3, 0.4) is 0 Å². The van der Waals surface area contributed by atoms with E-state index in [9.17, 15) is 19.1 Å². The minimum absolute atomic E-state index is 0.125. The Morgan fingerprint density at radius 2 is 2.09 bits per heavy atom. The summed E-state index contributed by atoms with van der Waals surface area (Å²) in [6.07, 6.45) is 2.03. The molecule has 1 fully saturated rings. The van der Waals surface area contributed by atoms with Gasteiger partial charge < -0.3 is 10.0 Å². The van der Waals surface area contributed by atoms with Crippen molar-refractivity contribution in [3.05, 3.63) is 41.8 Å². The zero-order valence-corrected chi connectivity index (χ0v) is 12.7. The molecule has 1 aromatic heterocycles. The molecule has 23 heavy (non-hydrogen) atoms. The van der Waals surface area contributed by atoms with Crippen molar-refractivity contribution >= 4 is 22.8 Å². The van der Waals surface area contributed by atoms with E-state index in [1.54, 1.807) is 17.0 Å². The average Bonchev–Trinajstić information content (AvgIpc) is 2.52. The minimum atomic E-state index is -0.881. The van der Waals surface area contributed by atoms with Crippen LogP contribution < -0.4 is 0 Å². The van der Waals surface area contributed by atoms with E-state index >= 15 is 0 Å². The van der Waals surface area contributed by atoms with Gasteiger partial charge in [0.2, 0.25) is 0 Å². The fourth-order valence-corrected chi connectivity index (χ4v) is 3.10. The second-order valence-corrected chi connectivity index (χ2v) is 6.15. The number of benzene rings is 1. The lowest BCUT2D eigenvalue weighted by Gasteiger charge is -2.34. The third kappa shape index (κ3) is 3.16. The first-order valence-electron chi connectivity index (χ1n) is 7.51. The SMILES string of the molecule is CC1CC(C(=O)O)CN(C(=O)c2cnc3ccc(F)cc3c2)C1. The second-order valence-electron chi connectivity index (χ2n) is 6.15. The zero-order valence-electron chi connectivity index (χ0n) is 12.7. The van der Waals surface area contributed by atoms with Crippen LogP contribution in [0.15, 0.2) is 30.5 Å². The van der Waals surface area contributed by atoms with Gasteiger partial charge in [-0.1, -0.05) is 6.92 Å². The summed E-state index contributed by atoms with van der Waals surface area (Å²) in [5, 5.41) is 9.76. The topological polar surface area (TPSA) is 70.5 Å². The lowest BCUT2D eigenvalue weighted by atomic mass is 9.90. The van der Waals surface area contributed by atoms with Gasteiger partial charge in [-0.05, 0) is 36.6 Å². The van der Waals surface area contributed by atoms with Gasteiger partial charge in [0.1, 0.15) is 5.82 Å². The summed E-state index contributed by atoms with van der Waals surface area (Å²) in [5.41, 5.74) is 0.958. The van der Waals surface area contributed by atoms with Crippen molar-refractivity contribution < 1.29 is 19.1 Å². The number of carbonyl (C=O) groups is 2. The number of carbonyl (C=O) groups excluding carboxylic acids is 1. The Hall–Kier alpha value is -2.50. The van der Waals surface area contributed by atoms with Crippen LogP contribution in [-0.4, -0.2) is 40.0 Å². The minimum Gasteiger partial charge on any atom is -0.481 e. The van der Waals surface area contributed by atoms with Gasteiger partial charge in [-0.15, -0.1) is 0 Å². The fraction of sp³-hybridized carbons (Fsp3) is 0.353. The Morgan fingerprint density at radius 1 is 1.30 bits per heavy atom. The molecule has 1 saturated heterocycles. The molecule has 0 radical (unpaired) electrons. The van der Waals surface area contributed by atoms with Gasteiger partial charge >= 0.3 is 5.97 Å². The molecule has 2 aromatic rings. The number of piperidine rings is 1. The molecule has 3 rings (SSSR count). The van der Waals surface area contributed by atoms with Crippen LogP contribution in [0.5, 0.6) is 0 Å². The number of fused-ring (bicyclic) bond motifs is 1. The molecular weight excluding hydrogens is 299 g/mol. The molecule has 1 aliphatic heterocycles. The largest absolute Gasteiger partial charge is 0.481 e. The summed E-state index contributed by atoms with van der Waals surface area (Å²) in [5.74, 6) is -1.95. The van der Waals surface area contributed by atoms with E-state index in [4.69, 9.17) is 0 Å². The molecule has 0 saturated carbocycles. The van der Waals surface area contributed by atoms with Crippen molar-refractivity contribution in [2.75, 3.05) is 13.1 Å². The third-order valence-electron chi connectivity index (χ3n) is 4.19. The Morgan fingerprint density at radius 3 is 2.83 bits per heavy atom. The zero-order chi connectivity index (χ0) is 16.6. The van der Waals surface area contributed by atoms with E-state index in [1.165, 1.54) is 18.3 Å². The Bertz CT molecular complexity index is 778. The van der Waals surface area contributed by atoms with Crippen molar-refractivity contribution in [2.24, 2.45) is 11.8 Å². The number of aromatic nitrogens is 1. The van der Waals surface area contributed by atoms with E-state index in [1.807, 2.05) is 6.92 Å². The van der Waals surface area contributed by atoms with Crippen LogP contribution in [0.2, 0.25) is 0 Å². The van der Waals surface area contributed by atoms with Gasteiger partial charge in [0.05, 0.1) is 17.0 Å². The standard InChI is InChI=1S/C17H17FN2O3/c1-10-4-13(17(22)23)9-20(8-10)16(21)12-5-11-6-14(18)2-3-15(11)19-7-12/h2-3,5-7,10,13H,4,8-9H2,1H3,(H,22,23). The molecule has 0 aliphatic carbocycles. The van der Waals surface area contributed by atoms with Crippen LogP contribution in [0.4, 0.5) is 4.39 Å². The van der Waals surface area contributed by atoms with Crippen LogP contribution in [0, 0.1) is 17.7 Å². The predicted octanol–water partition coefficient (Wildman–Crippen LogP) is 2.56. The summed E-state index contributed by atoms with van der Waals surface area (Å²) in [6, 6.07) is 5.81. The summed E-state index contributed by atoms with van der Waals surface area (Å²) in [7, 11) is 0. The smallest absolute Gasteiger partial charge is 0.308 e. The lowest BCUT2D eigenvalue weighted by molar-refractivity contribution is -0.143. The van der Waals surface area contributed by atoms with E-state index < -0.39 is 11.9 Å². The van der Waals surface area contributed by atoms with E-state index in [0.29, 0.717) is 29.4 Å². The molecule has 6 heteroatoms. The van der Waals surface area contributed by atoms with Crippen molar-refractivity contribution in [1.29, 1.82) is 0 Å². The molecule has 2 atom stereocenters. The molecular formula is C17H17FN2O3. The predicted molar refractivity (Wildman–Crippen MR) is 82.5 cm³/mol. The maximum atomic E-state index is 13.3. The Balaban J connectivity index is 1.88. The number of nitrogens with zero attached hydrogens (tertiary/aromatic N) is 2. The first-order valence-corrected chi connectivity index (χ1v) is 7.51. The number of aliphatic carboxylic acids is 1. The fourth-order valence-electron chi connectivity index (χ4n) is 3.10. The van der Waals surface area contributed by atoms with Gasteiger partial charge in [-0.3, -0.25) is 14.6 Å². The quantitative estimate of drug-likeness (QED) is 0.924. The van der Waals surface area contributed by atoms with Crippen molar-refractivity contribution in [2.45, 2.75) is 13.3 Å². The second kappa shape index (κ2) is 5.95.